The molecule has 1 aromatic rings. The molecule has 0 aliphatic rings. The van der Waals surface area contributed by atoms with Crippen LogP contribution in [0.4, 0.5) is 0 Å². The Balaban J connectivity index is 2.75. The maximum atomic E-state index is 11.7. The van der Waals surface area contributed by atoms with Crippen LogP contribution in [0.25, 0.3) is 0 Å². The first-order chi connectivity index (χ1) is 8.62. The van der Waals surface area contributed by atoms with Crippen molar-refractivity contribution in [3.63, 3.8) is 0 Å². The van der Waals surface area contributed by atoms with Crippen molar-refractivity contribution < 1.29 is 14.8 Å². The summed E-state index contributed by atoms with van der Waals surface area (Å²) < 4.78 is 0. The van der Waals surface area contributed by atoms with E-state index in [2.05, 4.69) is 5.32 Å². The first-order valence-electron chi connectivity index (χ1n) is 5.07. The lowest BCUT2D eigenvalue weighted by molar-refractivity contribution is -0.130. The Bertz CT molecular complexity index is 478. The summed E-state index contributed by atoms with van der Waals surface area (Å²) >= 11 is 0. The number of nitriles is 1. The van der Waals surface area contributed by atoms with E-state index in [9.17, 15) is 9.59 Å². The number of amides is 2. The monoisotopic (exact) mass is 248 g/mol. The van der Waals surface area contributed by atoms with Gasteiger partial charge < -0.3 is 11.1 Å². The van der Waals surface area contributed by atoms with Gasteiger partial charge in [0.1, 0.15) is 6.04 Å². The van der Waals surface area contributed by atoms with E-state index in [1.165, 1.54) is 29.7 Å². The van der Waals surface area contributed by atoms with E-state index in [-0.39, 0.29) is 12.1 Å². The van der Waals surface area contributed by atoms with Crippen LogP contribution in [-0.4, -0.2) is 29.6 Å². The van der Waals surface area contributed by atoms with Gasteiger partial charge in [-0.25, -0.2) is 5.48 Å². The van der Waals surface area contributed by atoms with Crippen LogP contribution in [0.3, 0.4) is 0 Å². The Morgan fingerprint density at radius 2 is 2.00 bits per heavy atom. The largest absolute Gasteiger partial charge is 0.339 e. The van der Waals surface area contributed by atoms with Crippen molar-refractivity contribution in [1.29, 1.82) is 5.26 Å². The van der Waals surface area contributed by atoms with Gasteiger partial charge in [0.25, 0.3) is 11.8 Å². The molecular weight excluding hydrogens is 236 g/mol. The van der Waals surface area contributed by atoms with Gasteiger partial charge in [-0.3, -0.25) is 14.8 Å². The van der Waals surface area contributed by atoms with E-state index in [0.717, 1.165) is 0 Å². The predicted octanol–water partition coefficient (Wildman–Crippen LogP) is -0.879. The van der Waals surface area contributed by atoms with Crippen molar-refractivity contribution >= 4 is 11.8 Å². The second-order valence-corrected chi connectivity index (χ2v) is 3.43. The average Bonchev–Trinajstić information content (AvgIpc) is 2.43. The number of hydrogen-bond donors (Lipinski definition) is 4. The zero-order chi connectivity index (χ0) is 13.5. The quantitative estimate of drug-likeness (QED) is 0.406. The number of carbonyl (C=O) groups excluding carboxylic acids is 2. The molecular formula is C11H12N4O3. The number of nitrogens with two attached hydrogens (primary N) is 1. The molecule has 1 rings (SSSR count). The first kappa shape index (κ1) is 13.6. The topological polar surface area (TPSA) is 128 Å². The Kier molecular flexibility index (Phi) is 4.80. The van der Waals surface area contributed by atoms with Crippen molar-refractivity contribution in [2.24, 2.45) is 5.73 Å². The maximum Gasteiger partial charge on any atom is 0.267 e. The second-order valence-electron chi connectivity index (χ2n) is 3.43. The second kappa shape index (κ2) is 6.34. The van der Waals surface area contributed by atoms with Gasteiger partial charge in [0.2, 0.25) is 0 Å². The Morgan fingerprint density at radius 3 is 2.44 bits per heavy atom. The fourth-order valence-electron chi connectivity index (χ4n) is 1.25. The number of hydrogen-bond acceptors (Lipinski definition) is 5. The zero-order valence-corrected chi connectivity index (χ0v) is 9.38. The minimum atomic E-state index is -1.02. The maximum absolute atomic E-state index is 11.7. The average molecular weight is 248 g/mol. The minimum absolute atomic E-state index is 0.144. The lowest BCUT2D eigenvalue weighted by Crippen LogP contribution is -2.50. The minimum Gasteiger partial charge on any atom is -0.339 e. The van der Waals surface area contributed by atoms with Crippen LogP contribution in [0.1, 0.15) is 15.9 Å². The smallest absolute Gasteiger partial charge is 0.267 e. The number of carbonyl (C=O) groups is 2. The highest BCUT2D eigenvalue weighted by Gasteiger charge is 2.19. The molecule has 0 aliphatic heterocycles. The summed E-state index contributed by atoms with van der Waals surface area (Å²) in [6, 6.07) is 6.79. The van der Waals surface area contributed by atoms with Gasteiger partial charge in [-0.05, 0) is 24.3 Å². The van der Waals surface area contributed by atoms with E-state index in [0.29, 0.717) is 5.56 Å². The van der Waals surface area contributed by atoms with E-state index in [1.54, 1.807) is 0 Å². The first-order valence-corrected chi connectivity index (χ1v) is 5.07. The Morgan fingerprint density at radius 1 is 1.39 bits per heavy atom. The third-order valence-electron chi connectivity index (χ3n) is 2.24. The molecule has 0 saturated heterocycles. The van der Waals surface area contributed by atoms with Gasteiger partial charge in [0.15, 0.2) is 0 Å². The van der Waals surface area contributed by atoms with Crippen LogP contribution in [0.5, 0.6) is 0 Å². The summed E-state index contributed by atoms with van der Waals surface area (Å²) in [6.45, 7) is -0.144. The molecule has 0 aliphatic carbocycles. The fraction of sp³-hybridized carbons (Fsp3) is 0.182. The molecule has 18 heavy (non-hydrogen) atoms. The van der Waals surface area contributed by atoms with Crippen LogP contribution >= 0.6 is 0 Å². The van der Waals surface area contributed by atoms with E-state index < -0.39 is 17.9 Å². The fourth-order valence-corrected chi connectivity index (χ4v) is 1.25. The molecule has 7 nitrogen and oxygen atoms in total. The predicted molar refractivity (Wildman–Crippen MR) is 61.4 cm³/mol. The summed E-state index contributed by atoms with van der Waals surface area (Å²) in [5.41, 5.74) is 7.42. The molecule has 1 aromatic carbocycles. The van der Waals surface area contributed by atoms with Crippen LogP contribution in [0.2, 0.25) is 0 Å². The van der Waals surface area contributed by atoms with Crippen molar-refractivity contribution in [2.45, 2.75) is 6.04 Å². The summed E-state index contributed by atoms with van der Waals surface area (Å²) in [5, 5.41) is 19.4. The number of rotatable bonds is 4. The lowest BCUT2D eigenvalue weighted by Gasteiger charge is -2.14. The van der Waals surface area contributed by atoms with Gasteiger partial charge >= 0.3 is 0 Å². The summed E-state index contributed by atoms with van der Waals surface area (Å²) in [6.07, 6.45) is 0. The third kappa shape index (κ3) is 3.28. The molecule has 0 saturated carbocycles. The number of hydroxylamine groups is 1. The zero-order valence-electron chi connectivity index (χ0n) is 9.38. The highest BCUT2D eigenvalue weighted by atomic mass is 16.5. The summed E-state index contributed by atoms with van der Waals surface area (Å²) in [4.78, 5) is 22.8. The standard InChI is InChI=1S/C11H12N4O3/c12-5-7-1-3-8(4-2-7)10(16)14-9(6-13)11(17)15-18/h1-4,9,18H,6,13H2,(H,14,16)(H,15,17)/t9-/m0/s1. The lowest BCUT2D eigenvalue weighted by atomic mass is 10.1. The summed E-state index contributed by atoms with van der Waals surface area (Å²) in [5.74, 6) is -1.31. The van der Waals surface area contributed by atoms with Gasteiger partial charge in [-0.1, -0.05) is 0 Å². The molecule has 0 unspecified atom stereocenters. The molecule has 94 valence electrons. The van der Waals surface area contributed by atoms with Crippen LogP contribution in [0.15, 0.2) is 24.3 Å². The van der Waals surface area contributed by atoms with E-state index in [4.69, 9.17) is 16.2 Å². The summed E-state index contributed by atoms with van der Waals surface area (Å²) in [7, 11) is 0. The number of nitrogens with zero attached hydrogens (tertiary/aromatic N) is 1. The van der Waals surface area contributed by atoms with Gasteiger partial charge in [0, 0.05) is 12.1 Å². The highest BCUT2D eigenvalue weighted by Crippen LogP contribution is 2.03. The molecule has 0 bridgehead atoms. The van der Waals surface area contributed by atoms with Gasteiger partial charge in [-0.15, -0.1) is 0 Å². The van der Waals surface area contributed by atoms with Crippen molar-refractivity contribution in [3.05, 3.63) is 35.4 Å². The number of nitrogens with one attached hydrogen (secondary N) is 2. The van der Waals surface area contributed by atoms with Crippen molar-refractivity contribution in [2.75, 3.05) is 6.54 Å². The van der Waals surface area contributed by atoms with E-state index >= 15 is 0 Å². The van der Waals surface area contributed by atoms with Crippen LogP contribution in [-0.2, 0) is 4.79 Å². The normalized spacial score (nSPS) is 11.2. The highest BCUT2D eigenvalue weighted by molar-refractivity contribution is 5.97. The molecule has 2 amide bonds. The molecule has 0 aromatic heterocycles. The third-order valence-corrected chi connectivity index (χ3v) is 2.24. The van der Waals surface area contributed by atoms with Gasteiger partial charge in [-0.2, -0.15) is 5.26 Å². The van der Waals surface area contributed by atoms with E-state index in [1.807, 2.05) is 6.07 Å². The Labute approximate surface area is 103 Å². The molecule has 7 heteroatoms. The molecule has 0 heterocycles. The van der Waals surface area contributed by atoms with Crippen LogP contribution in [0, 0.1) is 11.3 Å². The van der Waals surface area contributed by atoms with Crippen molar-refractivity contribution in [1.82, 2.24) is 10.8 Å². The molecule has 0 fully saturated rings. The number of benzene rings is 1. The Hall–Kier alpha value is -2.43. The van der Waals surface area contributed by atoms with Crippen molar-refractivity contribution in [3.8, 4) is 6.07 Å². The van der Waals surface area contributed by atoms with Gasteiger partial charge in [0.05, 0.1) is 11.6 Å². The van der Waals surface area contributed by atoms with Crippen LogP contribution < -0.4 is 16.5 Å². The molecule has 1 atom stereocenters. The molecule has 0 radical (unpaired) electrons. The SMILES string of the molecule is N#Cc1ccc(C(=O)N[C@@H](CN)C(=O)NO)cc1. The molecule has 0 spiro atoms. The molecule has 5 N–H and O–H groups in total.